The lowest BCUT2D eigenvalue weighted by Gasteiger charge is -2.08. The summed E-state index contributed by atoms with van der Waals surface area (Å²) in [4.78, 5) is 33.3. The molecule has 2 aromatic carbocycles. The summed E-state index contributed by atoms with van der Waals surface area (Å²) in [5.74, 6) is 0.0855. The maximum atomic E-state index is 12.7. The van der Waals surface area contributed by atoms with Crippen molar-refractivity contribution in [2.24, 2.45) is 5.92 Å². The van der Waals surface area contributed by atoms with Gasteiger partial charge in [-0.05, 0) is 71.7 Å². The summed E-state index contributed by atoms with van der Waals surface area (Å²) < 4.78 is 0. The third-order valence-corrected chi connectivity index (χ3v) is 6.06. The van der Waals surface area contributed by atoms with Crippen LogP contribution in [0.5, 0.6) is 0 Å². The van der Waals surface area contributed by atoms with Gasteiger partial charge >= 0.3 is 0 Å². The first-order valence-electron chi connectivity index (χ1n) is 11.1. The minimum absolute atomic E-state index is 0.0330. The smallest absolute Gasteiger partial charge is 0.251 e. The molecular weight excluding hydrogens is 412 g/mol. The lowest BCUT2D eigenvalue weighted by atomic mass is 10.1. The quantitative estimate of drug-likeness (QED) is 0.451. The molecule has 1 aliphatic carbocycles. The van der Waals surface area contributed by atoms with Crippen LogP contribution in [0, 0.1) is 5.92 Å². The Morgan fingerprint density at radius 3 is 2.58 bits per heavy atom. The average Bonchev–Trinajstić information content (AvgIpc) is 3.66. The van der Waals surface area contributed by atoms with Crippen molar-refractivity contribution >= 4 is 28.3 Å². The molecule has 2 atom stereocenters. The molecule has 1 fully saturated rings. The molecule has 1 saturated carbocycles. The molecule has 0 radical (unpaired) electrons. The van der Waals surface area contributed by atoms with Gasteiger partial charge in [0.05, 0.1) is 0 Å². The van der Waals surface area contributed by atoms with Crippen LogP contribution in [0.2, 0.25) is 0 Å². The molecule has 1 aliphatic rings. The Morgan fingerprint density at radius 1 is 0.909 bits per heavy atom. The summed E-state index contributed by atoms with van der Waals surface area (Å²) in [5, 5.41) is 8.07. The predicted molar refractivity (Wildman–Crippen MR) is 128 cm³/mol. The lowest BCUT2D eigenvalue weighted by Crippen LogP contribution is -2.25. The van der Waals surface area contributed by atoms with Crippen molar-refractivity contribution in [3.8, 4) is 0 Å². The summed E-state index contributed by atoms with van der Waals surface area (Å²) in [7, 11) is 0. The third-order valence-electron chi connectivity index (χ3n) is 6.06. The second-order valence-corrected chi connectivity index (χ2v) is 8.36. The van der Waals surface area contributed by atoms with Crippen LogP contribution in [-0.4, -0.2) is 28.3 Å². The van der Waals surface area contributed by atoms with E-state index in [1.807, 2.05) is 66.9 Å². The van der Waals surface area contributed by atoms with E-state index in [2.05, 4.69) is 20.6 Å². The minimum Gasteiger partial charge on any atom is -0.352 e. The standard InChI is InChI=1S/C27H24N4O2/c32-26(30-13-9-18-2-1-11-28-16-18)20-5-3-19(4-6-20)24-15-25(24)27(33)31-23-8-7-22-17-29-12-10-21(22)14-23/h1-8,10-12,14,16-17,24-25H,9,13,15H2,(H,30,32)(H,31,33)/t24?,25-/m1/s1. The zero-order valence-electron chi connectivity index (χ0n) is 18.1. The fourth-order valence-electron chi connectivity index (χ4n) is 4.10. The fraction of sp³-hybridized carbons (Fsp3) is 0.185. The number of amides is 2. The number of carbonyl (C=O) groups excluding carboxylic acids is 2. The molecule has 4 aromatic rings. The summed E-state index contributed by atoms with van der Waals surface area (Å²) in [6, 6.07) is 19.2. The number of nitrogens with zero attached hydrogens (tertiary/aromatic N) is 2. The van der Waals surface area contributed by atoms with Crippen LogP contribution in [0.25, 0.3) is 10.8 Å². The van der Waals surface area contributed by atoms with E-state index < -0.39 is 0 Å². The first-order chi connectivity index (χ1) is 16.2. The highest BCUT2D eigenvalue weighted by atomic mass is 16.2. The number of rotatable bonds is 7. The zero-order chi connectivity index (χ0) is 22.6. The van der Waals surface area contributed by atoms with Crippen LogP contribution in [0.15, 0.2) is 85.5 Å². The third kappa shape index (κ3) is 4.90. The fourth-order valence-corrected chi connectivity index (χ4v) is 4.10. The van der Waals surface area contributed by atoms with Crippen molar-refractivity contribution < 1.29 is 9.59 Å². The minimum atomic E-state index is -0.0953. The average molecular weight is 437 g/mol. The lowest BCUT2D eigenvalue weighted by molar-refractivity contribution is -0.117. The topological polar surface area (TPSA) is 84.0 Å². The highest BCUT2D eigenvalue weighted by Crippen LogP contribution is 2.48. The number of carbonyl (C=O) groups is 2. The first kappa shape index (κ1) is 20.8. The number of aromatic nitrogens is 2. The molecule has 1 unspecified atom stereocenters. The van der Waals surface area contributed by atoms with Gasteiger partial charge in [0.2, 0.25) is 5.91 Å². The molecule has 2 amide bonds. The number of anilines is 1. The monoisotopic (exact) mass is 436 g/mol. The Kier molecular flexibility index (Phi) is 5.81. The molecule has 2 heterocycles. The van der Waals surface area contributed by atoms with Crippen LogP contribution in [0.1, 0.15) is 33.8 Å². The molecule has 0 bridgehead atoms. The maximum Gasteiger partial charge on any atom is 0.251 e. The van der Waals surface area contributed by atoms with Gasteiger partial charge in [0.1, 0.15) is 0 Å². The predicted octanol–water partition coefficient (Wildman–Crippen LogP) is 4.34. The van der Waals surface area contributed by atoms with Gasteiger partial charge < -0.3 is 10.6 Å². The van der Waals surface area contributed by atoms with E-state index >= 15 is 0 Å². The highest BCUT2D eigenvalue weighted by Gasteiger charge is 2.43. The zero-order valence-corrected chi connectivity index (χ0v) is 18.1. The molecule has 2 N–H and O–H groups in total. The molecule has 5 rings (SSSR count). The van der Waals surface area contributed by atoms with Crippen molar-refractivity contribution in [3.63, 3.8) is 0 Å². The van der Waals surface area contributed by atoms with E-state index in [0.717, 1.165) is 40.4 Å². The molecule has 0 saturated heterocycles. The van der Waals surface area contributed by atoms with E-state index in [4.69, 9.17) is 0 Å². The number of nitrogens with one attached hydrogen (secondary N) is 2. The molecule has 2 aromatic heterocycles. The SMILES string of the molecule is O=C(NCCc1cccnc1)c1ccc(C2C[C@H]2C(=O)Nc2ccc3cnccc3c2)cc1. The Balaban J connectivity index is 1.14. The van der Waals surface area contributed by atoms with Gasteiger partial charge in [-0.2, -0.15) is 0 Å². The molecule has 0 spiro atoms. The molecule has 0 aliphatic heterocycles. The van der Waals surface area contributed by atoms with E-state index in [1.165, 1.54) is 0 Å². The number of pyridine rings is 2. The van der Waals surface area contributed by atoms with Gasteiger partial charge in [-0.1, -0.05) is 24.3 Å². The van der Waals surface area contributed by atoms with Crippen LogP contribution < -0.4 is 10.6 Å². The van der Waals surface area contributed by atoms with Crippen LogP contribution in [0.4, 0.5) is 5.69 Å². The molecule has 6 heteroatoms. The number of benzene rings is 2. The van der Waals surface area contributed by atoms with Gasteiger partial charge in [0.25, 0.3) is 5.91 Å². The number of hydrogen-bond acceptors (Lipinski definition) is 4. The van der Waals surface area contributed by atoms with Crippen LogP contribution in [-0.2, 0) is 11.2 Å². The number of fused-ring (bicyclic) bond motifs is 1. The normalized spacial score (nSPS) is 16.8. The summed E-state index contributed by atoms with van der Waals surface area (Å²) in [6.07, 6.45) is 8.66. The summed E-state index contributed by atoms with van der Waals surface area (Å²) >= 11 is 0. The van der Waals surface area contributed by atoms with Crippen molar-refractivity contribution in [2.75, 3.05) is 11.9 Å². The molecule has 164 valence electrons. The van der Waals surface area contributed by atoms with E-state index in [0.29, 0.717) is 12.1 Å². The van der Waals surface area contributed by atoms with Gasteiger partial charge in [-0.25, -0.2) is 0 Å². The van der Waals surface area contributed by atoms with Crippen molar-refractivity contribution in [3.05, 3.63) is 102 Å². The highest BCUT2D eigenvalue weighted by molar-refractivity contribution is 5.97. The van der Waals surface area contributed by atoms with Crippen molar-refractivity contribution in [1.29, 1.82) is 0 Å². The van der Waals surface area contributed by atoms with E-state index in [9.17, 15) is 9.59 Å². The van der Waals surface area contributed by atoms with Gasteiger partial charge in [0, 0.05) is 53.9 Å². The van der Waals surface area contributed by atoms with E-state index in [1.54, 1.807) is 18.6 Å². The van der Waals surface area contributed by atoms with E-state index in [-0.39, 0.29) is 23.7 Å². The molecular formula is C27H24N4O2. The van der Waals surface area contributed by atoms with Gasteiger partial charge in [-0.3, -0.25) is 19.6 Å². The largest absolute Gasteiger partial charge is 0.352 e. The Morgan fingerprint density at radius 2 is 1.76 bits per heavy atom. The van der Waals surface area contributed by atoms with Crippen LogP contribution in [0.3, 0.4) is 0 Å². The summed E-state index contributed by atoms with van der Waals surface area (Å²) in [5.41, 5.74) is 3.60. The number of hydrogen-bond donors (Lipinski definition) is 2. The molecule has 6 nitrogen and oxygen atoms in total. The maximum absolute atomic E-state index is 12.7. The molecule has 33 heavy (non-hydrogen) atoms. The first-order valence-corrected chi connectivity index (χ1v) is 11.1. The van der Waals surface area contributed by atoms with Crippen molar-refractivity contribution in [2.45, 2.75) is 18.8 Å². The van der Waals surface area contributed by atoms with Crippen LogP contribution >= 0.6 is 0 Å². The van der Waals surface area contributed by atoms with Gasteiger partial charge in [0.15, 0.2) is 0 Å². The second-order valence-electron chi connectivity index (χ2n) is 8.36. The van der Waals surface area contributed by atoms with Gasteiger partial charge in [-0.15, -0.1) is 0 Å². The van der Waals surface area contributed by atoms with Crippen molar-refractivity contribution in [1.82, 2.24) is 15.3 Å². The second kappa shape index (κ2) is 9.20. The Bertz CT molecular complexity index is 1290. The summed E-state index contributed by atoms with van der Waals surface area (Å²) in [6.45, 7) is 0.558. The Labute approximate surface area is 192 Å². The Hall–Kier alpha value is -4.06.